The number of aromatic nitrogens is 1. The van der Waals surface area contributed by atoms with E-state index in [9.17, 15) is 19.7 Å². The molecule has 1 fully saturated rings. The van der Waals surface area contributed by atoms with Crippen LogP contribution in [0.1, 0.15) is 11.1 Å². The first-order valence-electron chi connectivity index (χ1n) is 9.28. The second kappa shape index (κ2) is 8.41. The normalized spacial score (nSPS) is 18.9. The quantitative estimate of drug-likeness (QED) is 0.446. The van der Waals surface area contributed by atoms with Crippen LogP contribution >= 0.6 is 23.2 Å². The fraction of sp³-hybridized carbons (Fsp3) is 0.143. The van der Waals surface area contributed by atoms with Crippen LogP contribution in [0.15, 0.2) is 54.7 Å². The average Bonchev–Trinajstić information content (AvgIpc) is 3.05. The largest absolute Gasteiger partial charge is 0.342 e. The Morgan fingerprint density at radius 3 is 2.68 bits per heavy atom. The first kappa shape index (κ1) is 20.9. The van der Waals surface area contributed by atoms with E-state index in [0.717, 1.165) is 22.0 Å². The number of carbonyl (C=O) groups excluding carboxylic acids is 2. The fourth-order valence-corrected chi connectivity index (χ4v) is 4.04. The van der Waals surface area contributed by atoms with E-state index in [2.05, 4.69) is 5.32 Å². The molecular formula is C21H16Cl2N4O4. The number of fused-ring (bicyclic) bond motifs is 1. The van der Waals surface area contributed by atoms with Crippen molar-refractivity contribution >= 4 is 52.1 Å². The van der Waals surface area contributed by atoms with Gasteiger partial charge in [-0.1, -0.05) is 59.6 Å². The molecule has 1 aliphatic rings. The molecule has 158 valence electrons. The number of nitrogens with zero attached hydrogens (tertiary/aromatic N) is 2. The van der Waals surface area contributed by atoms with E-state index in [-0.39, 0.29) is 0 Å². The minimum absolute atomic E-state index is 0.491. The molecule has 10 heteroatoms. The third-order valence-electron chi connectivity index (χ3n) is 5.03. The number of nitro groups is 1. The summed E-state index contributed by atoms with van der Waals surface area (Å²) in [5, 5.41) is 17.6. The zero-order valence-electron chi connectivity index (χ0n) is 15.9. The standard InChI is InChI=1S/C21H16Cl2N4O4/c22-14-7-5-13(16(23)9-14)11-26-10-12(15-3-1-2-4-18(15)26)6-8-17-19(27(30)31)20(28)25-21(29)24-17/h1-10,17,19H,11H2,(H2,24,25,28,29)/b8-6+. The smallest absolute Gasteiger partial charge is 0.322 e. The lowest BCUT2D eigenvalue weighted by Crippen LogP contribution is -2.62. The van der Waals surface area contributed by atoms with Crippen LogP contribution in [0.3, 0.4) is 0 Å². The third-order valence-corrected chi connectivity index (χ3v) is 5.62. The Balaban J connectivity index is 1.69. The Labute approximate surface area is 186 Å². The van der Waals surface area contributed by atoms with Crippen molar-refractivity contribution in [1.29, 1.82) is 0 Å². The van der Waals surface area contributed by atoms with Crippen LogP contribution in [0.2, 0.25) is 10.0 Å². The summed E-state index contributed by atoms with van der Waals surface area (Å²) < 4.78 is 2.00. The average molecular weight is 459 g/mol. The molecule has 31 heavy (non-hydrogen) atoms. The summed E-state index contributed by atoms with van der Waals surface area (Å²) in [5.74, 6) is -0.941. The lowest BCUT2D eigenvalue weighted by molar-refractivity contribution is -0.510. The number of hydrogen-bond acceptors (Lipinski definition) is 4. The molecule has 2 unspecified atom stereocenters. The van der Waals surface area contributed by atoms with E-state index in [0.29, 0.717) is 16.6 Å². The summed E-state index contributed by atoms with van der Waals surface area (Å²) in [7, 11) is 0. The maximum Gasteiger partial charge on any atom is 0.322 e. The molecule has 1 saturated heterocycles. The van der Waals surface area contributed by atoms with Gasteiger partial charge in [-0.2, -0.15) is 0 Å². The number of carbonyl (C=O) groups is 2. The van der Waals surface area contributed by atoms with Crippen LogP contribution in [0.4, 0.5) is 4.79 Å². The summed E-state index contributed by atoms with van der Waals surface area (Å²) in [6.07, 6.45) is 5.02. The maximum absolute atomic E-state index is 11.9. The van der Waals surface area contributed by atoms with Crippen LogP contribution in [0.5, 0.6) is 0 Å². The number of para-hydroxylation sites is 1. The first-order valence-corrected chi connectivity index (χ1v) is 10.0. The Kier molecular flexibility index (Phi) is 5.67. The number of halogens is 2. The summed E-state index contributed by atoms with van der Waals surface area (Å²) in [6, 6.07) is 9.53. The Hall–Kier alpha value is -3.36. The molecule has 0 bridgehead atoms. The van der Waals surface area contributed by atoms with E-state index < -0.39 is 28.9 Å². The number of rotatable bonds is 5. The molecule has 3 aromatic rings. The second-order valence-corrected chi connectivity index (χ2v) is 7.89. The highest BCUT2D eigenvalue weighted by Gasteiger charge is 2.43. The fourth-order valence-electron chi connectivity index (χ4n) is 3.58. The van der Waals surface area contributed by atoms with E-state index in [1.54, 1.807) is 18.2 Å². The van der Waals surface area contributed by atoms with Gasteiger partial charge in [-0.15, -0.1) is 0 Å². The highest BCUT2D eigenvalue weighted by molar-refractivity contribution is 6.35. The van der Waals surface area contributed by atoms with Gasteiger partial charge in [0.1, 0.15) is 6.04 Å². The SMILES string of the molecule is O=C1NC(=O)C([N+](=O)[O-])C(/C=C/c2cn(Cc3ccc(Cl)cc3Cl)c3ccccc23)N1. The third kappa shape index (κ3) is 4.26. The molecule has 0 aliphatic carbocycles. The van der Waals surface area contributed by atoms with E-state index in [1.807, 2.05) is 46.4 Å². The lowest BCUT2D eigenvalue weighted by atomic mass is 10.0. The maximum atomic E-state index is 11.9. The molecule has 2 heterocycles. The van der Waals surface area contributed by atoms with Gasteiger partial charge >= 0.3 is 18.0 Å². The molecular weight excluding hydrogens is 443 g/mol. The van der Waals surface area contributed by atoms with E-state index in [1.165, 1.54) is 6.08 Å². The van der Waals surface area contributed by atoms with E-state index >= 15 is 0 Å². The first-order chi connectivity index (χ1) is 14.8. The number of amides is 3. The van der Waals surface area contributed by atoms with Crippen molar-refractivity contribution in [3.05, 3.63) is 86.0 Å². The predicted molar refractivity (Wildman–Crippen MR) is 118 cm³/mol. The highest BCUT2D eigenvalue weighted by atomic mass is 35.5. The number of benzene rings is 2. The van der Waals surface area contributed by atoms with Crippen molar-refractivity contribution < 1.29 is 14.5 Å². The van der Waals surface area contributed by atoms with Crippen molar-refractivity contribution in [3.63, 3.8) is 0 Å². The molecule has 3 amide bonds. The van der Waals surface area contributed by atoms with Gasteiger partial charge < -0.3 is 9.88 Å². The minimum Gasteiger partial charge on any atom is -0.342 e. The van der Waals surface area contributed by atoms with Crippen molar-refractivity contribution in [2.75, 3.05) is 0 Å². The summed E-state index contributed by atoms with van der Waals surface area (Å²) >= 11 is 12.3. The molecule has 2 atom stereocenters. The van der Waals surface area contributed by atoms with Crippen LogP contribution in [-0.2, 0) is 11.3 Å². The lowest BCUT2D eigenvalue weighted by Gasteiger charge is -2.23. The Morgan fingerprint density at radius 2 is 1.94 bits per heavy atom. The summed E-state index contributed by atoms with van der Waals surface area (Å²) in [6.45, 7) is 0.491. The topological polar surface area (TPSA) is 106 Å². The van der Waals surface area contributed by atoms with Gasteiger partial charge in [-0.25, -0.2) is 4.79 Å². The molecule has 0 saturated carbocycles. The van der Waals surface area contributed by atoms with Gasteiger partial charge in [-0.3, -0.25) is 20.2 Å². The Bertz CT molecular complexity index is 1240. The molecule has 4 rings (SSSR count). The van der Waals surface area contributed by atoms with Crippen LogP contribution < -0.4 is 10.6 Å². The molecule has 1 aliphatic heterocycles. The number of nitrogens with one attached hydrogen (secondary N) is 2. The number of imide groups is 1. The number of urea groups is 1. The predicted octanol–water partition coefficient (Wildman–Crippen LogP) is 3.86. The van der Waals surface area contributed by atoms with Gasteiger partial charge in [0, 0.05) is 38.6 Å². The minimum atomic E-state index is -1.60. The zero-order chi connectivity index (χ0) is 22.1. The Morgan fingerprint density at radius 1 is 1.16 bits per heavy atom. The molecule has 0 spiro atoms. The monoisotopic (exact) mass is 458 g/mol. The molecule has 0 radical (unpaired) electrons. The summed E-state index contributed by atoms with van der Waals surface area (Å²) in [5.41, 5.74) is 2.60. The molecule has 2 N–H and O–H groups in total. The molecule has 8 nitrogen and oxygen atoms in total. The van der Waals surface area contributed by atoms with Gasteiger partial charge in [0.25, 0.3) is 0 Å². The summed E-state index contributed by atoms with van der Waals surface area (Å²) in [4.78, 5) is 34.1. The van der Waals surface area contributed by atoms with Gasteiger partial charge in [-0.05, 0) is 29.3 Å². The van der Waals surface area contributed by atoms with Gasteiger partial charge in [0.2, 0.25) is 0 Å². The molecule has 2 aromatic carbocycles. The van der Waals surface area contributed by atoms with Crippen molar-refractivity contribution in [3.8, 4) is 0 Å². The zero-order valence-corrected chi connectivity index (χ0v) is 17.4. The van der Waals surface area contributed by atoms with Gasteiger partial charge in [0.15, 0.2) is 0 Å². The van der Waals surface area contributed by atoms with Crippen LogP contribution in [0, 0.1) is 10.1 Å². The second-order valence-electron chi connectivity index (χ2n) is 7.04. The van der Waals surface area contributed by atoms with Gasteiger partial charge in [0.05, 0.1) is 0 Å². The molecule has 1 aromatic heterocycles. The van der Waals surface area contributed by atoms with Crippen molar-refractivity contribution in [1.82, 2.24) is 15.2 Å². The van der Waals surface area contributed by atoms with Crippen LogP contribution in [-0.4, -0.2) is 33.5 Å². The van der Waals surface area contributed by atoms with Crippen molar-refractivity contribution in [2.45, 2.75) is 18.6 Å². The van der Waals surface area contributed by atoms with Crippen LogP contribution in [0.25, 0.3) is 17.0 Å². The van der Waals surface area contributed by atoms with E-state index in [4.69, 9.17) is 23.2 Å². The van der Waals surface area contributed by atoms with Crippen molar-refractivity contribution in [2.24, 2.45) is 0 Å². The number of hydrogen-bond donors (Lipinski definition) is 2. The highest BCUT2D eigenvalue weighted by Crippen LogP contribution is 2.27.